The van der Waals surface area contributed by atoms with Crippen LogP contribution in [0.5, 0.6) is 0 Å². The first-order valence-electron chi connectivity index (χ1n) is 8.50. The normalized spacial score (nSPS) is 26.3. The molecule has 2 atom stereocenters. The summed E-state index contributed by atoms with van der Waals surface area (Å²) in [6.45, 7) is 1.94. The molecular formula is C17H26N2O2S. The standard InChI is InChI=1S/C17H26N2O2S/c1-11-15(17(21)19(2)13-9-6-10-14(13)20)22-16(18-11)12-7-4-3-5-8-12/h12-14,20H,3-10H2,1-2H3/t13-,14-/m1/s1. The molecule has 2 aliphatic carbocycles. The molecule has 5 heteroatoms. The largest absolute Gasteiger partial charge is 0.391 e. The number of amides is 1. The van der Waals surface area contributed by atoms with Gasteiger partial charge in [-0.1, -0.05) is 19.3 Å². The summed E-state index contributed by atoms with van der Waals surface area (Å²) in [4.78, 5) is 20.0. The van der Waals surface area contributed by atoms with Crippen LogP contribution >= 0.6 is 11.3 Å². The zero-order chi connectivity index (χ0) is 15.7. The van der Waals surface area contributed by atoms with Crippen molar-refractivity contribution >= 4 is 17.2 Å². The number of thiazole rings is 1. The van der Waals surface area contributed by atoms with Crippen LogP contribution in [0.15, 0.2) is 0 Å². The second kappa shape index (κ2) is 6.67. The summed E-state index contributed by atoms with van der Waals surface area (Å²) in [5, 5.41) is 11.2. The summed E-state index contributed by atoms with van der Waals surface area (Å²) in [5.41, 5.74) is 0.856. The Morgan fingerprint density at radius 2 is 1.91 bits per heavy atom. The zero-order valence-electron chi connectivity index (χ0n) is 13.5. The Bertz CT molecular complexity index is 537. The maximum atomic E-state index is 12.8. The van der Waals surface area contributed by atoms with E-state index < -0.39 is 0 Å². The molecule has 3 rings (SSSR count). The van der Waals surface area contributed by atoms with Crippen LogP contribution in [0.4, 0.5) is 0 Å². The van der Waals surface area contributed by atoms with Crippen molar-refractivity contribution in [2.45, 2.75) is 76.4 Å². The fourth-order valence-corrected chi connectivity index (χ4v) is 5.04. The lowest BCUT2D eigenvalue weighted by Gasteiger charge is -2.26. The first-order chi connectivity index (χ1) is 10.6. The third-order valence-electron chi connectivity index (χ3n) is 5.22. The summed E-state index contributed by atoms with van der Waals surface area (Å²) >= 11 is 1.58. The van der Waals surface area contributed by atoms with Gasteiger partial charge in [0.2, 0.25) is 0 Å². The number of hydrogen-bond donors (Lipinski definition) is 1. The summed E-state index contributed by atoms with van der Waals surface area (Å²) in [7, 11) is 1.82. The van der Waals surface area contributed by atoms with Crippen molar-refractivity contribution in [3.8, 4) is 0 Å². The highest BCUT2D eigenvalue weighted by molar-refractivity contribution is 7.13. The smallest absolute Gasteiger partial charge is 0.265 e. The quantitative estimate of drug-likeness (QED) is 0.927. The first-order valence-corrected chi connectivity index (χ1v) is 9.32. The molecule has 22 heavy (non-hydrogen) atoms. The highest BCUT2D eigenvalue weighted by Gasteiger charge is 2.33. The van der Waals surface area contributed by atoms with E-state index in [0.717, 1.165) is 34.8 Å². The second-order valence-electron chi connectivity index (χ2n) is 6.78. The number of hydrogen-bond acceptors (Lipinski definition) is 4. The molecule has 2 saturated carbocycles. The highest BCUT2D eigenvalue weighted by atomic mass is 32.1. The molecule has 2 aliphatic rings. The summed E-state index contributed by atoms with van der Waals surface area (Å²) < 4.78 is 0. The number of carbonyl (C=O) groups excluding carboxylic acids is 1. The molecule has 2 fully saturated rings. The van der Waals surface area contributed by atoms with Gasteiger partial charge in [-0.25, -0.2) is 4.98 Å². The molecule has 0 aliphatic heterocycles. The van der Waals surface area contributed by atoms with E-state index in [1.165, 1.54) is 32.1 Å². The van der Waals surface area contributed by atoms with Gasteiger partial charge in [-0.15, -0.1) is 11.3 Å². The van der Waals surface area contributed by atoms with E-state index in [9.17, 15) is 9.90 Å². The number of aromatic nitrogens is 1. The van der Waals surface area contributed by atoms with Crippen LogP contribution in [0.25, 0.3) is 0 Å². The number of carbonyl (C=O) groups is 1. The Morgan fingerprint density at radius 1 is 1.18 bits per heavy atom. The minimum atomic E-state index is -0.375. The zero-order valence-corrected chi connectivity index (χ0v) is 14.4. The molecule has 0 aromatic carbocycles. The van der Waals surface area contributed by atoms with E-state index in [0.29, 0.717) is 5.92 Å². The Labute approximate surface area is 136 Å². The first kappa shape index (κ1) is 15.9. The second-order valence-corrected chi connectivity index (χ2v) is 7.81. The Morgan fingerprint density at radius 3 is 2.55 bits per heavy atom. The number of nitrogens with zero attached hydrogens (tertiary/aromatic N) is 2. The molecule has 1 N–H and O–H groups in total. The van der Waals surface area contributed by atoms with Crippen molar-refractivity contribution in [1.29, 1.82) is 0 Å². The lowest BCUT2D eigenvalue weighted by Crippen LogP contribution is -2.41. The van der Waals surface area contributed by atoms with E-state index in [4.69, 9.17) is 4.98 Å². The minimum absolute atomic E-state index is 0.0306. The van der Waals surface area contributed by atoms with Gasteiger partial charge in [-0.05, 0) is 39.0 Å². The molecule has 1 aromatic rings. The van der Waals surface area contributed by atoms with Crippen LogP contribution in [-0.2, 0) is 0 Å². The van der Waals surface area contributed by atoms with Crippen molar-refractivity contribution in [2.24, 2.45) is 0 Å². The van der Waals surface area contributed by atoms with Gasteiger partial charge in [-0.3, -0.25) is 4.79 Å². The minimum Gasteiger partial charge on any atom is -0.391 e. The summed E-state index contributed by atoms with van der Waals surface area (Å²) in [6.07, 6.45) is 8.62. The number of aryl methyl sites for hydroxylation is 1. The van der Waals surface area contributed by atoms with Gasteiger partial charge in [-0.2, -0.15) is 0 Å². The van der Waals surface area contributed by atoms with Crippen molar-refractivity contribution in [1.82, 2.24) is 9.88 Å². The monoisotopic (exact) mass is 322 g/mol. The SMILES string of the molecule is Cc1nc(C2CCCCC2)sc1C(=O)N(C)[C@@H]1CCC[C@H]1O. The van der Waals surface area contributed by atoms with Crippen molar-refractivity contribution < 1.29 is 9.90 Å². The van der Waals surface area contributed by atoms with Crippen molar-refractivity contribution in [2.75, 3.05) is 7.05 Å². The van der Waals surface area contributed by atoms with Crippen LogP contribution in [0, 0.1) is 6.92 Å². The molecule has 4 nitrogen and oxygen atoms in total. The number of likely N-dealkylation sites (N-methyl/N-ethyl adjacent to an activating group) is 1. The highest BCUT2D eigenvalue weighted by Crippen LogP contribution is 2.36. The molecule has 0 unspecified atom stereocenters. The molecule has 122 valence electrons. The number of aliphatic hydroxyl groups excluding tert-OH is 1. The van der Waals surface area contributed by atoms with Gasteiger partial charge in [0.1, 0.15) is 4.88 Å². The van der Waals surface area contributed by atoms with Crippen LogP contribution in [-0.4, -0.2) is 40.1 Å². The predicted molar refractivity (Wildman–Crippen MR) is 88.4 cm³/mol. The summed E-state index contributed by atoms with van der Waals surface area (Å²) in [6, 6.07) is -0.0351. The molecule has 0 bridgehead atoms. The molecule has 1 amide bonds. The third kappa shape index (κ3) is 3.06. The van der Waals surface area contributed by atoms with E-state index >= 15 is 0 Å². The van der Waals surface area contributed by atoms with E-state index in [-0.39, 0.29) is 18.1 Å². The van der Waals surface area contributed by atoms with Gasteiger partial charge in [0.15, 0.2) is 0 Å². The third-order valence-corrected chi connectivity index (χ3v) is 6.53. The van der Waals surface area contributed by atoms with Gasteiger partial charge < -0.3 is 10.0 Å². The van der Waals surface area contributed by atoms with Crippen LogP contribution in [0.3, 0.4) is 0 Å². The van der Waals surface area contributed by atoms with E-state index in [1.54, 1.807) is 16.2 Å². The maximum absolute atomic E-state index is 12.8. The topological polar surface area (TPSA) is 53.4 Å². The van der Waals surface area contributed by atoms with Crippen LogP contribution in [0.1, 0.15) is 77.7 Å². The van der Waals surface area contributed by atoms with Gasteiger partial charge >= 0.3 is 0 Å². The molecular weight excluding hydrogens is 296 g/mol. The van der Waals surface area contributed by atoms with Crippen LogP contribution in [0.2, 0.25) is 0 Å². The van der Waals surface area contributed by atoms with Crippen molar-refractivity contribution in [3.63, 3.8) is 0 Å². The average Bonchev–Trinajstić information content (AvgIpc) is 3.13. The lowest BCUT2D eigenvalue weighted by molar-refractivity contribution is 0.0542. The molecule has 0 saturated heterocycles. The lowest BCUT2D eigenvalue weighted by atomic mass is 9.90. The Balaban J connectivity index is 1.76. The maximum Gasteiger partial charge on any atom is 0.265 e. The fourth-order valence-electron chi connectivity index (χ4n) is 3.82. The number of aliphatic hydroxyl groups is 1. The number of rotatable bonds is 3. The average molecular weight is 322 g/mol. The predicted octanol–water partition coefficient (Wildman–Crippen LogP) is 3.48. The Hall–Kier alpha value is -0.940. The van der Waals surface area contributed by atoms with Gasteiger partial charge in [0.05, 0.1) is 22.8 Å². The molecule has 1 heterocycles. The Kier molecular flexibility index (Phi) is 4.83. The molecule has 1 aromatic heterocycles. The van der Waals surface area contributed by atoms with Crippen LogP contribution < -0.4 is 0 Å². The molecule has 0 radical (unpaired) electrons. The van der Waals surface area contributed by atoms with Gasteiger partial charge in [0.25, 0.3) is 5.91 Å². The van der Waals surface area contributed by atoms with E-state index in [2.05, 4.69) is 0 Å². The van der Waals surface area contributed by atoms with E-state index in [1.807, 2.05) is 14.0 Å². The molecule has 0 spiro atoms. The fraction of sp³-hybridized carbons (Fsp3) is 0.765. The van der Waals surface area contributed by atoms with Crippen molar-refractivity contribution in [3.05, 3.63) is 15.6 Å². The van der Waals surface area contributed by atoms with Gasteiger partial charge in [0, 0.05) is 13.0 Å². The summed E-state index contributed by atoms with van der Waals surface area (Å²) in [5.74, 6) is 0.574.